The van der Waals surface area contributed by atoms with Gasteiger partial charge in [0.1, 0.15) is 5.75 Å². The number of halogens is 2. The topological polar surface area (TPSA) is 92.0 Å². The number of nitrogens with zero attached hydrogens (tertiary/aromatic N) is 6. The molecule has 5 rings (SSSR count). The summed E-state index contributed by atoms with van der Waals surface area (Å²) in [6.07, 6.45) is 7.56. The molecule has 2 fully saturated rings. The molecule has 0 spiro atoms. The van der Waals surface area contributed by atoms with E-state index in [-0.39, 0.29) is 23.4 Å². The fourth-order valence-electron chi connectivity index (χ4n) is 4.77. The number of fused-ring (bicyclic) bond motifs is 2. The average molecular weight is 441 g/mol. The van der Waals surface area contributed by atoms with Gasteiger partial charge in [-0.3, -0.25) is 4.68 Å². The van der Waals surface area contributed by atoms with Crippen LogP contribution in [0, 0.1) is 0 Å². The smallest absolute Gasteiger partial charge is 0.283 e. The van der Waals surface area contributed by atoms with Gasteiger partial charge in [0.05, 0.1) is 30.0 Å². The lowest BCUT2D eigenvalue weighted by atomic mass is 9.80. The highest BCUT2D eigenvalue weighted by Gasteiger charge is 2.54. The third-order valence-electron chi connectivity index (χ3n) is 6.55. The summed E-state index contributed by atoms with van der Waals surface area (Å²) in [5.74, 6) is -2.35. The number of piperidine rings is 2. The Kier molecular flexibility index (Phi) is 5.04. The van der Waals surface area contributed by atoms with Gasteiger partial charge in [-0.25, -0.2) is 13.8 Å². The number of aryl methyl sites for hydroxylation is 1. The summed E-state index contributed by atoms with van der Waals surface area (Å²) < 4.78 is 31.8. The molecule has 2 aliphatic rings. The number of alkyl halides is 2. The van der Waals surface area contributed by atoms with Gasteiger partial charge in [-0.05, 0) is 37.0 Å². The van der Waals surface area contributed by atoms with Crippen LogP contribution in [-0.2, 0) is 7.05 Å². The minimum Gasteiger partial charge on any atom is -0.507 e. The Balaban J connectivity index is 1.37. The van der Waals surface area contributed by atoms with Gasteiger partial charge < -0.3 is 15.3 Å². The molecule has 10 heteroatoms. The first kappa shape index (κ1) is 20.7. The Morgan fingerprint density at radius 1 is 1.19 bits per heavy atom. The molecule has 1 aromatic carbocycles. The van der Waals surface area contributed by atoms with E-state index in [0.717, 1.165) is 24.0 Å². The van der Waals surface area contributed by atoms with Gasteiger partial charge in [0.15, 0.2) is 11.6 Å². The number of phenols is 1. The van der Waals surface area contributed by atoms with Crippen molar-refractivity contribution < 1.29 is 13.9 Å². The molecule has 4 heterocycles. The lowest BCUT2D eigenvalue weighted by molar-refractivity contribution is -0.0989. The summed E-state index contributed by atoms with van der Waals surface area (Å²) in [5.41, 5.74) is 2.10. The third-order valence-corrected chi connectivity index (χ3v) is 6.55. The maximum atomic E-state index is 15.0. The Hall–Kier alpha value is -3.14. The van der Waals surface area contributed by atoms with Crippen LogP contribution in [0.5, 0.6) is 5.75 Å². The number of nitrogens with one attached hydrogen (secondary N) is 1. The molecule has 2 N–H and O–H groups in total. The third kappa shape index (κ3) is 3.58. The fraction of sp³-hybridized carbons (Fsp3) is 0.455. The highest BCUT2D eigenvalue weighted by molar-refractivity contribution is 5.72. The number of hydrogen-bond acceptors (Lipinski definition) is 7. The second-order valence-electron chi connectivity index (χ2n) is 8.66. The van der Waals surface area contributed by atoms with Gasteiger partial charge in [0.25, 0.3) is 5.92 Å². The van der Waals surface area contributed by atoms with E-state index in [9.17, 15) is 5.11 Å². The highest BCUT2D eigenvalue weighted by atomic mass is 19.3. The predicted octanol–water partition coefficient (Wildman–Crippen LogP) is 3.00. The van der Waals surface area contributed by atoms with Crippen LogP contribution in [0.2, 0.25) is 0 Å². The first-order chi connectivity index (χ1) is 15.3. The number of anilines is 1. The zero-order valence-electron chi connectivity index (χ0n) is 17.9. The van der Waals surface area contributed by atoms with Crippen LogP contribution >= 0.6 is 0 Å². The molecule has 2 aromatic heterocycles. The monoisotopic (exact) mass is 441 g/mol. The van der Waals surface area contributed by atoms with Crippen molar-refractivity contribution in [3.05, 3.63) is 36.8 Å². The maximum absolute atomic E-state index is 15.0. The molecule has 0 radical (unpaired) electrons. The Labute approximate surface area is 184 Å². The van der Waals surface area contributed by atoms with Crippen LogP contribution in [0.15, 0.2) is 36.8 Å². The lowest BCUT2D eigenvalue weighted by Crippen LogP contribution is -2.67. The second-order valence-corrected chi connectivity index (χ2v) is 8.66. The average Bonchev–Trinajstić information content (AvgIpc) is 3.23. The van der Waals surface area contributed by atoms with Crippen LogP contribution in [0.4, 0.5) is 14.6 Å². The number of phenolic OH excluding ortho intramolecular Hbond substituents is 1. The molecule has 0 aliphatic carbocycles. The number of aromatic hydroxyl groups is 1. The molecular formula is C22H25F2N7O. The second kappa shape index (κ2) is 7.77. The minimum absolute atomic E-state index is 0.00645. The largest absolute Gasteiger partial charge is 0.507 e. The van der Waals surface area contributed by atoms with Gasteiger partial charge in [-0.1, -0.05) is 12.5 Å². The molecular weight excluding hydrogens is 416 g/mol. The van der Waals surface area contributed by atoms with E-state index in [1.165, 1.54) is 11.1 Å². The molecule has 168 valence electrons. The van der Waals surface area contributed by atoms with Gasteiger partial charge >= 0.3 is 0 Å². The summed E-state index contributed by atoms with van der Waals surface area (Å²) in [5, 5.41) is 26.0. The highest BCUT2D eigenvalue weighted by Crippen LogP contribution is 2.40. The van der Waals surface area contributed by atoms with Crippen molar-refractivity contribution in [1.29, 1.82) is 0 Å². The molecule has 2 saturated heterocycles. The van der Waals surface area contributed by atoms with Crippen molar-refractivity contribution in [2.45, 2.75) is 49.7 Å². The summed E-state index contributed by atoms with van der Waals surface area (Å²) in [4.78, 5) is 5.79. The van der Waals surface area contributed by atoms with Gasteiger partial charge in [0.2, 0.25) is 0 Å². The van der Waals surface area contributed by atoms with Crippen LogP contribution in [0.3, 0.4) is 0 Å². The number of rotatable bonds is 4. The zero-order valence-corrected chi connectivity index (χ0v) is 17.9. The number of benzene rings is 1. The molecule has 2 aliphatic heterocycles. The summed E-state index contributed by atoms with van der Waals surface area (Å²) in [7, 11) is 3.44. The quantitative estimate of drug-likeness (QED) is 0.643. The molecule has 0 unspecified atom stereocenters. The van der Waals surface area contributed by atoms with E-state index < -0.39 is 18.0 Å². The summed E-state index contributed by atoms with van der Waals surface area (Å²) in [6.45, 7) is 0. The van der Waals surface area contributed by atoms with E-state index >= 15 is 8.78 Å². The molecule has 8 nitrogen and oxygen atoms in total. The van der Waals surface area contributed by atoms with Crippen molar-refractivity contribution in [3.63, 3.8) is 0 Å². The molecule has 0 saturated carbocycles. The van der Waals surface area contributed by atoms with Crippen molar-refractivity contribution in [1.82, 2.24) is 30.3 Å². The van der Waals surface area contributed by atoms with Crippen LogP contribution in [-0.4, -0.2) is 61.2 Å². The molecule has 3 atom stereocenters. The van der Waals surface area contributed by atoms with Crippen LogP contribution in [0.25, 0.3) is 22.5 Å². The Morgan fingerprint density at radius 2 is 2.03 bits per heavy atom. The minimum atomic E-state index is -2.87. The van der Waals surface area contributed by atoms with Crippen molar-refractivity contribution in [3.8, 4) is 28.3 Å². The van der Waals surface area contributed by atoms with E-state index in [1.807, 2.05) is 19.3 Å². The number of aromatic nitrogens is 5. The van der Waals surface area contributed by atoms with Crippen molar-refractivity contribution in [2.24, 2.45) is 7.05 Å². The SMILES string of the molecule is CN(c1cnc(-c2ccc(-c3cnn(C)c3)cc2O)nn1)[C@H]1C[C@@H]2CCC[C@@H](N2)C1(F)F. The molecule has 0 amide bonds. The molecule has 3 aromatic rings. The summed E-state index contributed by atoms with van der Waals surface area (Å²) >= 11 is 0. The van der Waals surface area contributed by atoms with E-state index in [2.05, 4.69) is 25.6 Å². The maximum Gasteiger partial charge on any atom is 0.283 e. The van der Waals surface area contributed by atoms with Crippen molar-refractivity contribution >= 4 is 5.82 Å². The first-order valence-corrected chi connectivity index (χ1v) is 10.7. The Morgan fingerprint density at radius 3 is 2.72 bits per heavy atom. The lowest BCUT2D eigenvalue weighted by Gasteiger charge is -2.48. The standard InChI is InChI=1S/C22H25F2N7O/c1-30-12-14(10-26-30)13-6-7-16(17(32)8-13)21-25-11-20(28-29-21)31(2)19-9-15-4-3-5-18(27-15)22(19,23)24/h6-8,10-12,15,18-19,27,32H,3-5,9H2,1-2H3/t15-,18+,19-/m0/s1. The summed E-state index contributed by atoms with van der Waals surface area (Å²) in [6, 6.07) is 3.48. The molecule has 2 bridgehead atoms. The van der Waals surface area contributed by atoms with E-state index in [4.69, 9.17) is 0 Å². The van der Waals surface area contributed by atoms with Gasteiger partial charge in [-0.15, -0.1) is 10.2 Å². The van der Waals surface area contributed by atoms with Crippen molar-refractivity contribution in [2.75, 3.05) is 11.9 Å². The fourth-order valence-corrected chi connectivity index (χ4v) is 4.77. The Bertz CT molecular complexity index is 1120. The first-order valence-electron chi connectivity index (χ1n) is 10.7. The molecule has 32 heavy (non-hydrogen) atoms. The predicted molar refractivity (Wildman–Crippen MR) is 115 cm³/mol. The van der Waals surface area contributed by atoms with Gasteiger partial charge in [0, 0.05) is 31.9 Å². The number of hydrogen-bond donors (Lipinski definition) is 2. The van der Waals surface area contributed by atoms with Crippen LogP contribution < -0.4 is 10.2 Å². The zero-order chi connectivity index (χ0) is 22.5. The van der Waals surface area contributed by atoms with E-state index in [0.29, 0.717) is 18.4 Å². The van der Waals surface area contributed by atoms with Crippen LogP contribution in [0.1, 0.15) is 25.7 Å². The van der Waals surface area contributed by atoms with E-state index in [1.54, 1.807) is 30.1 Å². The van der Waals surface area contributed by atoms with Gasteiger partial charge in [-0.2, -0.15) is 5.10 Å². The normalized spacial score (nSPS) is 24.3.